The number of benzene rings is 1. The molecule has 0 spiro atoms. The molecule has 0 unspecified atom stereocenters. The summed E-state index contributed by atoms with van der Waals surface area (Å²) in [6.45, 7) is 5.86. The lowest BCUT2D eigenvalue weighted by Gasteiger charge is -2.21. The van der Waals surface area contributed by atoms with Gasteiger partial charge in [-0.2, -0.15) is 5.26 Å². The summed E-state index contributed by atoms with van der Waals surface area (Å²) < 4.78 is 5.16. The Labute approximate surface area is 125 Å². The Morgan fingerprint density at radius 3 is 2.81 bits per heavy atom. The Kier molecular flexibility index (Phi) is 5.18. The average molecular weight is 287 g/mol. The zero-order valence-electron chi connectivity index (χ0n) is 12.6. The van der Waals surface area contributed by atoms with E-state index in [1.54, 1.807) is 14.0 Å². The minimum Gasteiger partial charge on any atom is -0.495 e. The molecule has 5 heteroatoms. The molecule has 0 aromatic heterocycles. The van der Waals surface area contributed by atoms with Crippen molar-refractivity contribution in [2.75, 3.05) is 33.3 Å². The summed E-state index contributed by atoms with van der Waals surface area (Å²) in [6.07, 6.45) is 0.987. The lowest BCUT2D eigenvalue weighted by atomic mass is 10.1. The molecule has 1 fully saturated rings. The standard InChI is InChI=1S/C16H21N3O2/c1-13(20)19-7-3-6-18(8-9-19)12-14-4-5-16(21-2)15(10-14)11-17/h4-5,10H,3,6-9,12H2,1-2H3. The van der Waals surface area contributed by atoms with Gasteiger partial charge in [-0.05, 0) is 24.1 Å². The molecule has 5 nitrogen and oxygen atoms in total. The van der Waals surface area contributed by atoms with Gasteiger partial charge in [0.1, 0.15) is 11.8 Å². The van der Waals surface area contributed by atoms with Crippen LogP contribution in [0.4, 0.5) is 0 Å². The van der Waals surface area contributed by atoms with Crippen LogP contribution in [0.15, 0.2) is 18.2 Å². The average Bonchev–Trinajstić information content (AvgIpc) is 2.72. The molecule has 1 aromatic carbocycles. The van der Waals surface area contributed by atoms with Crippen molar-refractivity contribution in [2.24, 2.45) is 0 Å². The molecule has 21 heavy (non-hydrogen) atoms. The number of ether oxygens (including phenoxy) is 1. The van der Waals surface area contributed by atoms with E-state index in [1.807, 2.05) is 23.1 Å². The fraction of sp³-hybridized carbons (Fsp3) is 0.500. The van der Waals surface area contributed by atoms with E-state index in [1.165, 1.54) is 0 Å². The van der Waals surface area contributed by atoms with Gasteiger partial charge in [-0.25, -0.2) is 0 Å². The summed E-state index contributed by atoms with van der Waals surface area (Å²) in [5, 5.41) is 9.13. The number of carbonyl (C=O) groups excluding carboxylic acids is 1. The van der Waals surface area contributed by atoms with Gasteiger partial charge in [0.2, 0.25) is 5.91 Å². The number of methoxy groups -OCH3 is 1. The van der Waals surface area contributed by atoms with Crippen molar-refractivity contribution >= 4 is 5.91 Å². The first-order chi connectivity index (χ1) is 10.1. The van der Waals surface area contributed by atoms with Crippen LogP contribution in [0.3, 0.4) is 0 Å². The van der Waals surface area contributed by atoms with E-state index < -0.39 is 0 Å². The second kappa shape index (κ2) is 7.09. The van der Waals surface area contributed by atoms with Crippen molar-refractivity contribution in [1.82, 2.24) is 9.80 Å². The first-order valence-corrected chi connectivity index (χ1v) is 7.19. The summed E-state index contributed by atoms with van der Waals surface area (Å²) in [5.41, 5.74) is 1.67. The predicted octanol–water partition coefficient (Wildman–Crippen LogP) is 1.62. The Bertz CT molecular complexity index is 551. The normalized spacial score (nSPS) is 16.1. The molecule has 1 saturated heterocycles. The predicted molar refractivity (Wildman–Crippen MR) is 79.9 cm³/mol. The highest BCUT2D eigenvalue weighted by Crippen LogP contribution is 2.20. The van der Waals surface area contributed by atoms with Crippen LogP contribution in [0, 0.1) is 11.3 Å². The van der Waals surface area contributed by atoms with Crippen LogP contribution in [0.1, 0.15) is 24.5 Å². The van der Waals surface area contributed by atoms with Crippen LogP contribution in [0.25, 0.3) is 0 Å². The lowest BCUT2D eigenvalue weighted by Crippen LogP contribution is -2.33. The van der Waals surface area contributed by atoms with Crippen molar-refractivity contribution in [3.8, 4) is 11.8 Å². The largest absolute Gasteiger partial charge is 0.495 e. The van der Waals surface area contributed by atoms with Crippen LogP contribution >= 0.6 is 0 Å². The third-order valence-electron chi connectivity index (χ3n) is 3.82. The zero-order valence-corrected chi connectivity index (χ0v) is 12.6. The minimum atomic E-state index is 0.146. The molecule has 0 bridgehead atoms. The first-order valence-electron chi connectivity index (χ1n) is 7.19. The van der Waals surface area contributed by atoms with Gasteiger partial charge < -0.3 is 9.64 Å². The molecule has 2 rings (SSSR count). The summed E-state index contributed by atoms with van der Waals surface area (Å²) in [6, 6.07) is 7.88. The first kappa shape index (κ1) is 15.3. The van der Waals surface area contributed by atoms with Gasteiger partial charge >= 0.3 is 0 Å². The van der Waals surface area contributed by atoms with Crippen molar-refractivity contribution in [1.29, 1.82) is 5.26 Å². The molecule has 0 radical (unpaired) electrons. The molecule has 1 aliphatic rings. The molecule has 112 valence electrons. The van der Waals surface area contributed by atoms with Gasteiger partial charge in [-0.1, -0.05) is 6.07 Å². The van der Waals surface area contributed by atoms with Crippen LogP contribution in [0.2, 0.25) is 0 Å². The van der Waals surface area contributed by atoms with Crippen LogP contribution in [-0.4, -0.2) is 49.0 Å². The monoisotopic (exact) mass is 287 g/mol. The van der Waals surface area contributed by atoms with Crippen LogP contribution in [-0.2, 0) is 11.3 Å². The number of amides is 1. The Hall–Kier alpha value is -2.06. The van der Waals surface area contributed by atoms with Crippen LogP contribution < -0.4 is 4.74 Å². The van der Waals surface area contributed by atoms with E-state index >= 15 is 0 Å². The van der Waals surface area contributed by atoms with Crippen molar-refractivity contribution in [3.63, 3.8) is 0 Å². The van der Waals surface area contributed by atoms with Gasteiger partial charge in [0.15, 0.2) is 0 Å². The molecular weight excluding hydrogens is 266 g/mol. The number of nitrogens with zero attached hydrogens (tertiary/aromatic N) is 3. The van der Waals surface area contributed by atoms with E-state index in [4.69, 9.17) is 10.00 Å². The maximum atomic E-state index is 11.4. The minimum absolute atomic E-state index is 0.146. The van der Waals surface area contributed by atoms with Crippen molar-refractivity contribution in [3.05, 3.63) is 29.3 Å². The second-order valence-corrected chi connectivity index (χ2v) is 5.28. The Morgan fingerprint density at radius 1 is 1.33 bits per heavy atom. The zero-order chi connectivity index (χ0) is 15.2. The number of nitriles is 1. The Balaban J connectivity index is 2.02. The molecule has 0 aliphatic carbocycles. The number of carbonyl (C=O) groups is 1. The summed E-state index contributed by atoms with van der Waals surface area (Å²) in [7, 11) is 1.57. The lowest BCUT2D eigenvalue weighted by molar-refractivity contribution is -0.128. The van der Waals surface area contributed by atoms with Crippen LogP contribution in [0.5, 0.6) is 5.75 Å². The Morgan fingerprint density at radius 2 is 2.14 bits per heavy atom. The maximum absolute atomic E-state index is 11.4. The van der Waals surface area contributed by atoms with Gasteiger partial charge in [0, 0.05) is 39.6 Å². The SMILES string of the molecule is COc1ccc(CN2CCCN(C(C)=O)CC2)cc1C#N. The summed E-state index contributed by atoms with van der Waals surface area (Å²) in [4.78, 5) is 15.7. The molecule has 1 aromatic rings. The van der Waals surface area contributed by atoms with Crippen molar-refractivity contribution < 1.29 is 9.53 Å². The van der Waals surface area contributed by atoms with Gasteiger partial charge in [0.25, 0.3) is 0 Å². The molecular formula is C16H21N3O2. The van der Waals surface area contributed by atoms with E-state index in [0.717, 1.165) is 44.7 Å². The smallest absolute Gasteiger partial charge is 0.219 e. The highest BCUT2D eigenvalue weighted by atomic mass is 16.5. The molecule has 0 N–H and O–H groups in total. The van der Waals surface area contributed by atoms with E-state index in [-0.39, 0.29) is 5.91 Å². The van der Waals surface area contributed by atoms with E-state index in [0.29, 0.717) is 11.3 Å². The number of hydrogen-bond acceptors (Lipinski definition) is 4. The topological polar surface area (TPSA) is 56.6 Å². The number of hydrogen-bond donors (Lipinski definition) is 0. The third-order valence-corrected chi connectivity index (χ3v) is 3.82. The molecule has 0 saturated carbocycles. The highest BCUT2D eigenvalue weighted by molar-refractivity contribution is 5.73. The highest BCUT2D eigenvalue weighted by Gasteiger charge is 2.16. The molecule has 1 aliphatic heterocycles. The van der Waals surface area contributed by atoms with E-state index in [2.05, 4.69) is 11.0 Å². The van der Waals surface area contributed by atoms with Gasteiger partial charge in [-0.3, -0.25) is 9.69 Å². The maximum Gasteiger partial charge on any atom is 0.219 e. The second-order valence-electron chi connectivity index (χ2n) is 5.28. The molecule has 0 atom stereocenters. The molecule has 1 amide bonds. The van der Waals surface area contributed by atoms with Gasteiger partial charge in [-0.15, -0.1) is 0 Å². The fourth-order valence-corrected chi connectivity index (χ4v) is 2.64. The summed E-state index contributed by atoms with van der Waals surface area (Å²) in [5.74, 6) is 0.757. The fourth-order valence-electron chi connectivity index (χ4n) is 2.64. The van der Waals surface area contributed by atoms with Crippen molar-refractivity contribution in [2.45, 2.75) is 19.9 Å². The van der Waals surface area contributed by atoms with Gasteiger partial charge in [0.05, 0.1) is 12.7 Å². The third kappa shape index (κ3) is 3.96. The van der Waals surface area contributed by atoms with E-state index in [9.17, 15) is 4.79 Å². The molecule has 1 heterocycles. The summed E-state index contributed by atoms with van der Waals surface area (Å²) >= 11 is 0. The number of rotatable bonds is 3. The quantitative estimate of drug-likeness (QED) is 0.847.